The SMILES string of the molecule is CNc1cc(-c2cc(Cl)ccc2F)ncn1. The molecule has 0 amide bonds. The molecule has 3 nitrogen and oxygen atoms in total. The molecule has 5 heteroatoms. The number of halogens is 2. The molecule has 2 aromatic rings. The second-order valence-corrected chi connectivity index (χ2v) is 3.60. The lowest BCUT2D eigenvalue weighted by Gasteiger charge is -2.04. The van der Waals surface area contributed by atoms with Crippen LogP contribution in [0.3, 0.4) is 0 Å². The van der Waals surface area contributed by atoms with Crippen molar-refractivity contribution < 1.29 is 4.39 Å². The lowest BCUT2D eigenvalue weighted by molar-refractivity contribution is 0.630. The van der Waals surface area contributed by atoms with Crippen LogP contribution in [-0.4, -0.2) is 17.0 Å². The number of hydrogen-bond donors (Lipinski definition) is 1. The van der Waals surface area contributed by atoms with Crippen LogP contribution in [0.4, 0.5) is 10.2 Å². The van der Waals surface area contributed by atoms with Crippen LogP contribution in [0.15, 0.2) is 30.6 Å². The molecular formula is C11H9ClFN3. The summed E-state index contributed by atoms with van der Waals surface area (Å²) in [5, 5.41) is 3.34. The van der Waals surface area contributed by atoms with Crippen molar-refractivity contribution in [3.05, 3.63) is 41.4 Å². The van der Waals surface area contributed by atoms with Crippen LogP contribution >= 0.6 is 11.6 Å². The minimum Gasteiger partial charge on any atom is -0.373 e. The highest BCUT2D eigenvalue weighted by Gasteiger charge is 2.07. The summed E-state index contributed by atoms with van der Waals surface area (Å²) in [7, 11) is 1.74. The Kier molecular flexibility index (Phi) is 3.01. The second kappa shape index (κ2) is 4.45. The molecule has 0 aliphatic rings. The number of rotatable bonds is 2. The van der Waals surface area contributed by atoms with Crippen molar-refractivity contribution in [2.45, 2.75) is 0 Å². The van der Waals surface area contributed by atoms with Crippen molar-refractivity contribution in [3.8, 4) is 11.3 Å². The minimum atomic E-state index is -0.356. The summed E-state index contributed by atoms with van der Waals surface area (Å²) in [4.78, 5) is 7.97. The largest absolute Gasteiger partial charge is 0.373 e. The molecule has 0 unspecified atom stereocenters. The second-order valence-electron chi connectivity index (χ2n) is 3.16. The van der Waals surface area contributed by atoms with Gasteiger partial charge in [-0.3, -0.25) is 0 Å². The number of hydrogen-bond acceptors (Lipinski definition) is 3. The van der Waals surface area contributed by atoms with Crippen LogP contribution in [0.5, 0.6) is 0 Å². The summed E-state index contributed by atoms with van der Waals surface area (Å²) in [6.07, 6.45) is 1.38. The Morgan fingerprint density at radius 3 is 2.81 bits per heavy atom. The predicted octanol–water partition coefficient (Wildman–Crippen LogP) is 2.98. The molecule has 1 aromatic heterocycles. The molecule has 82 valence electrons. The third-order valence-corrected chi connectivity index (χ3v) is 2.36. The number of nitrogens with zero attached hydrogens (tertiary/aromatic N) is 2. The normalized spacial score (nSPS) is 10.2. The third-order valence-electron chi connectivity index (χ3n) is 2.13. The molecule has 16 heavy (non-hydrogen) atoms. The predicted molar refractivity (Wildman–Crippen MR) is 62.0 cm³/mol. The van der Waals surface area contributed by atoms with Crippen molar-refractivity contribution in [2.75, 3.05) is 12.4 Å². The van der Waals surface area contributed by atoms with Gasteiger partial charge in [-0.25, -0.2) is 14.4 Å². The van der Waals surface area contributed by atoms with Crippen LogP contribution in [0, 0.1) is 5.82 Å². The quantitative estimate of drug-likeness (QED) is 0.873. The van der Waals surface area contributed by atoms with E-state index in [1.54, 1.807) is 19.2 Å². The lowest BCUT2D eigenvalue weighted by atomic mass is 10.1. The van der Waals surface area contributed by atoms with E-state index in [0.717, 1.165) is 0 Å². The van der Waals surface area contributed by atoms with E-state index in [1.807, 2.05) is 0 Å². The fraction of sp³-hybridized carbons (Fsp3) is 0.0909. The van der Waals surface area contributed by atoms with E-state index < -0.39 is 0 Å². The molecule has 0 fully saturated rings. The molecular weight excluding hydrogens is 229 g/mol. The number of aromatic nitrogens is 2. The van der Waals surface area contributed by atoms with Gasteiger partial charge in [-0.15, -0.1) is 0 Å². The first-order chi connectivity index (χ1) is 7.70. The van der Waals surface area contributed by atoms with Gasteiger partial charge in [0, 0.05) is 23.7 Å². The van der Waals surface area contributed by atoms with Crippen LogP contribution in [-0.2, 0) is 0 Å². The van der Waals surface area contributed by atoms with Crippen molar-refractivity contribution in [2.24, 2.45) is 0 Å². The van der Waals surface area contributed by atoms with Gasteiger partial charge in [0.15, 0.2) is 0 Å². The Labute approximate surface area is 97.3 Å². The molecule has 0 saturated heterocycles. The molecule has 0 radical (unpaired) electrons. The first-order valence-corrected chi connectivity index (χ1v) is 5.03. The standard InChI is InChI=1S/C11H9ClFN3/c1-14-11-5-10(15-6-16-11)8-4-7(12)2-3-9(8)13/h2-6H,1H3,(H,14,15,16). The van der Waals surface area contributed by atoms with Crippen LogP contribution in [0.2, 0.25) is 5.02 Å². The molecule has 2 rings (SSSR count). The van der Waals surface area contributed by atoms with Gasteiger partial charge in [0.05, 0.1) is 5.69 Å². The zero-order valence-electron chi connectivity index (χ0n) is 8.54. The Bertz CT molecular complexity index is 516. The van der Waals surface area contributed by atoms with E-state index in [9.17, 15) is 4.39 Å². The average molecular weight is 238 g/mol. The summed E-state index contributed by atoms with van der Waals surface area (Å²) in [5.74, 6) is 0.273. The van der Waals surface area contributed by atoms with Crippen molar-refractivity contribution >= 4 is 17.4 Å². The summed E-state index contributed by atoms with van der Waals surface area (Å²) in [6.45, 7) is 0. The fourth-order valence-corrected chi connectivity index (χ4v) is 1.51. The highest BCUT2D eigenvalue weighted by molar-refractivity contribution is 6.30. The summed E-state index contributed by atoms with van der Waals surface area (Å²) in [6, 6.07) is 6.02. The molecule has 0 atom stereocenters. The van der Waals surface area contributed by atoms with Crippen molar-refractivity contribution in [1.29, 1.82) is 0 Å². The van der Waals surface area contributed by atoms with E-state index in [0.29, 0.717) is 22.1 Å². The number of benzene rings is 1. The number of nitrogens with one attached hydrogen (secondary N) is 1. The molecule has 0 saturated carbocycles. The fourth-order valence-electron chi connectivity index (χ4n) is 1.34. The van der Waals surface area contributed by atoms with Crippen molar-refractivity contribution in [1.82, 2.24) is 9.97 Å². The monoisotopic (exact) mass is 237 g/mol. The Morgan fingerprint density at radius 2 is 2.06 bits per heavy atom. The van der Waals surface area contributed by atoms with Crippen LogP contribution < -0.4 is 5.32 Å². The number of anilines is 1. The topological polar surface area (TPSA) is 37.8 Å². The Balaban J connectivity index is 2.53. The van der Waals surface area contributed by atoms with Gasteiger partial charge in [-0.1, -0.05) is 11.6 Å². The highest BCUT2D eigenvalue weighted by atomic mass is 35.5. The highest BCUT2D eigenvalue weighted by Crippen LogP contribution is 2.25. The maximum atomic E-state index is 13.6. The maximum absolute atomic E-state index is 13.6. The zero-order valence-corrected chi connectivity index (χ0v) is 9.29. The van der Waals surface area contributed by atoms with E-state index in [-0.39, 0.29) is 5.82 Å². The first kappa shape index (κ1) is 10.8. The van der Waals surface area contributed by atoms with Gasteiger partial charge in [0.25, 0.3) is 0 Å². The van der Waals surface area contributed by atoms with Crippen molar-refractivity contribution in [3.63, 3.8) is 0 Å². The van der Waals surface area contributed by atoms with Crippen LogP contribution in [0.25, 0.3) is 11.3 Å². The smallest absolute Gasteiger partial charge is 0.132 e. The van der Waals surface area contributed by atoms with E-state index in [4.69, 9.17) is 11.6 Å². The minimum absolute atomic E-state index is 0.356. The van der Waals surface area contributed by atoms with E-state index in [1.165, 1.54) is 18.5 Å². The maximum Gasteiger partial charge on any atom is 0.132 e. The van der Waals surface area contributed by atoms with E-state index in [2.05, 4.69) is 15.3 Å². The third kappa shape index (κ3) is 2.12. The summed E-state index contributed by atoms with van der Waals surface area (Å²) in [5.41, 5.74) is 0.866. The van der Waals surface area contributed by atoms with E-state index >= 15 is 0 Å². The molecule has 0 aliphatic carbocycles. The van der Waals surface area contributed by atoms with Gasteiger partial charge in [-0.05, 0) is 18.2 Å². The average Bonchev–Trinajstić information content (AvgIpc) is 2.32. The molecule has 0 spiro atoms. The molecule has 1 heterocycles. The van der Waals surface area contributed by atoms with Gasteiger partial charge in [0.2, 0.25) is 0 Å². The summed E-state index contributed by atoms with van der Waals surface area (Å²) >= 11 is 5.81. The van der Waals surface area contributed by atoms with Gasteiger partial charge < -0.3 is 5.32 Å². The Hall–Kier alpha value is -1.68. The first-order valence-electron chi connectivity index (χ1n) is 4.66. The van der Waals surface area contributed by atoms with Crippen LogP contribution in [0.1, 0.15) is 0 Å². The molecule has 0 bridgehead atoms. The molecule has 1 aromatic carbocycles. The van der Waals surface area contributed by atoms with Gasteiger partial charge in [-0.2, -0.15) is 0 Å². The summed E-state index contributed by atoms with van der Waals surface area (Å²) < 4.78 is 13.6. The molecule has 1 N–H and O–H groups in total. The lowest BCUT2D eigenvalue weighted by Crippen LogP contribution is -1.95. The Morgan fingerprint density at radius 1 is 1.25 bits per heavy atom. The molecule has 0 aliphatic heterocycles. The van der Waals surface area contributed by atoms with Gasteiger partial charge >= 0.3 is 0 Å². The zero-order chi connectivity index (χ0) is 11.5. The van der Waals surface area contributed by atoms with Gasteiger partial charge in [0.1, 0.15) is 18.0 Å².